The molecule has 1 saturated heterocycles. The van der Waals surface area contributed by atoms with Gasteiger partial charge in [0.1, 0.15) is 17.2 Å². The maximum absolute atomic E-state index is 15.4. The van der Waals surface area contributed by atoms with Gasteiger partial charge in [-0.25, -0.2) is 18.6 Å². The maximum Gasteiger partial charge on any atom is 0.380 e. The third kappa shape index (κ3) is 5.41. The Labute approximate surface area is 200 Å². The number of dihydropyridines is 1. The SMILES string of the molecule is COC(=O)C(=O)/C(S)=C1\N=C(C(=O)N2CCC(F)(Cc3ccc(F)cc3)CC2)C(OC)=CC1=N. The number of amides is 1. The van der Waals surface area contributed by atoms with Crippen LogP contribution in [0.15, 0.2) is 51.7 Å². The molecular weight excluding hydrogens is 468 g/mol. The summed E-state index contributed by atoms with van der Waals surface area (Å²) in [5.41, 5.74) is -1.65. The fraction of sp³-hybridized carbons (Fsp3) is 0.348. The molecule has 0 atom stereocenters. The highest BCUT2D eigenvalue weighted by atomic mass is 32.1. The number of carbonyl (C=O) groups excluding carboxylic acids is 3. The number of allylic oxidation sites excluding steroid dienone is 1. The van der Waals surface area contributed by atoms with Crippen molar-refractivity contribution < 1.29 is 32.6 Å². The van der Waals surface area contributed by atoms with Crippen LogP contribution in [0.25, 0.3) is 0 Å². The predicted molar refractivity (Wildman–Crippen MR) is 123 cm³/mol. The number of aliphatic imine (C=N–C) groups is 1. The first-order valence-electron chi connectivity index (χ1n) is 10.3. The van der Waals surface area contributed by atoms with E-state index in [9.17, 15) is 18.8 Å². The Balaban J connectivity index is 1.79. The minimum atomic E-state index is -1.55. The molecule has 3 rings (SSSR count). The van der Waals surface area contributed by atoms with Crippen LogP contribution < -0.4 is 0 Å². The third-order valence-corrected chi connectivity index (χ3v) is 6.02. The molecule has 0 spiro atoms. The number of hydrogen-bond donors (Lipinski definition) is 2. The summed E-state index contributed by atoms with van der Waals surface area (Å²) in [6, 6.07) is 5.63. The molecule has 1 amide bonds. The molecule has 0 radical (unpaired) electrons. The summed E-state index contributed by atoms with van der Waals surface area (Å²) in [5.74, 6) is -3.28. The molecular formula is C23H23F2N3O5S. The van der Waals surface area contributed by atoms with Gasteiger partial charge in [0.15, 0.2) is 11.5 Å². The van der Waals surface area contributed by atoms with Crippen LogP contribution in [-0.2, 0) is 30.3 Å². The maximum atomic E-state index is 15.4. The molecule has 2 aliphatic rings. The molecule has 180 valence electrons. The van der Waals surface area contributed by atoms with Crippen LogP contribution in [0.5, 0.6) is 0 Å². The lowest BCUT2D eigenvalue weighted by Crippen LogP contribution is -2.48. The van der Waals surface area contributed by atoms with E-state index >= 15 is 4.39 Å². The van der Waals surface area contributed by atoms with Gasteiger partial charge in [0.05, 0.1) is 24.8 Å². The van der Waals surface area contributed by atoms with Crippen LogP contribution in [0.2, 0.25) is 0 Å². The number of nitrogens with zero attached hydrogens (tertiary/aromatic N) is 2. The Morgan fingerprint density at radius 2 is 1.79 bits per heavy atom. The molecule has 0 bridgehead atoms. The number of rotatable bonds is 6. The summed E-state index contributed by atoms with van der Waals surface area (Å²) >= 11 is 4.01. The number of piperidine rings is 1. The number of thiol groups is 1. The standard InChI is InChI=1S/C23H23F2N3O5S/c1-32-16-11-15(26)17(20(34)19(29)22(31)33-2)27-18(16)21(30)28-9-7-23(25,8-10-28)12-13-3-5-14(24)6-4-13/h3-6,11,26,34H,7-10,12H2,1-2H3/b20-17+,26-15?. The number of likely N-dealkylation sites (tertiary alicyclic amines) is 1. The van der Waals surface area contributed by atoms with E-state index in [1.165, 1.54) is 42.4 Å². The summed E-state index contributed by atoms with van der Waals surface area (Å²) < 4.78 is 38.1. The van der Waals surface area contributed by atoms with Crippen LogP contribution in [0.1, 0.15) is 18.4 Å². The van der Waals surface area contributed by atoms with Crippen LogP contribution in [0.3, 0.4) is 0 Å². The minimum absolute atomic E-state index is 0.00574. The number of methoxy groups -OCH3 is 2. The highest BCUT2D eigenvalue weighted by Gasteiger charge is 2.38. The molecule has 2 aliphatic heterocycles. The Hall–Kier alpha value is -3.34. The van der Waals surface area contributed by atoms with Gasteiger partial charge in [-0.3, -0.25) is 15.0 Å². The van der Waals surface area contributed by atoms with E-state index in [0.29, 0.717) is 5.56 Å². The van der Waals surface area contributed by atoms with Gasteiger partial charge < -0.3 is 14.4 Å². The van der Waals surface area contributed by atoms with E-state index in [-0.39, 0.29) is 55.2 Å². The summed E-state index contributed by atoms with van der Waals surface area (Å²) in [5, 5.41) is 8.08. The van der Waals surface area contributed by atoms with E-state index in [4.69, 9.17) is 10.1 Å². The average molecular weight is 492 g/mol. The van der Waals surface area contributed by atoms with E-state index in [1.807, 2.05) is 0 Å². The first-order valence-corrected chi connectivity index (χ1v) is 10.8. The van der Waals surface area contributed by atoms with E-state index in [0.717, 1.165) is 7.11 Å². The molecule has 11 heteroatoms. The zero-order valence-electron chi connectivity index (χ0n) is 18.6. The summed E-state index contributed by atoms with van der Waals surface area (Å²) in [6.07, 6.45) is 1.41. The molecule has 0 unspecified atom stereocenters. The fourth-order valence-corrected chi connectivity index (χ4v) is 3.95. The molecule has 1 aromatic carbocycles. The molecule has 0 aromatic heterocycles. The first-order chi connectivity index (χ1) is 16.1. The number of benzene rings is 1. The highest BCUT2D eigenvalue weighted by Crippen LogP contribution is 2.31. The normalized spacial score (nSPS) is 19.1. The lowest BCUT2D eigenvalue weighted by molar-refractivity contribution is -0.149. The highest BCUT2D eigenvalue weighted by molar-refractivity contribution is 7.86. The van der Waals surface area contributed by atoms with Gasteiger partial charge in [-0.15, -0.1) is 12.6 Å². The second-order valence-corrected chi connectivity index (χ2v) is 8.30. The topological polar surface area (TPSA) is 109 Å². The van der Waals surface area contributed by atoms with Gasteiger partial charge in [0, 0.05) is 25.6 Å². The summed E-state index contributed by atoms with van der Waals surface area (Å²) in [4.78, 5) is 41.9. The fourth-order valence-electron chi connectivity index (χ4n) is 3.69. The molecule has 0 aliphatic carbocycles. The molecule has 1 aromatic rings. The lowest BCUT2D eigenvalue weighted by atomic mass is 9.87. The number of alkyl halides is 1. The van der Waals surface area contributed by atoms with E-state index < -0.39 is 34.1 Å². The van der Waals surface area contributed by atoms with E-state index in [2.05, 4.69) is 22.4 Å². The van der Waals surface area contributed by atoms with E-state index in [1.54, 1.807) is 0 Å². The Morgan fingerprint density at radius 1 is 1.18 bits per heavy atom. The Kier molecular flexibility index (Phi) is 7.65. The number of ketones is 1. The number of hydrogen-bond acceptors (Lipinski definition) is 8. The number of carbonyl (C=O) groups is 3. The van der Waals surface area contributed by atoms with Gasteiger partial charge in [0.2, 0.25) is 0 Å². The average Bonchev–Trinajstić information content (AvgIpc) is 2.83. The van der Waals surface area contributed by atoms with Crippen LogP contribution >= 0.6 is 12.6 Å². The van der Waals surface area contributed by atoms with Gasteiger partial charge >= 0.3 is 5.97 Å². The number of nitrogens with one attached hydrogen (secondary N) is 1. The smallest absolute Gasteiger partial charge is 0.380 e. The molecule has 2 heterocycles. The third-order valence-electron chi connectivity index (χ3n) is 5.60. The van der Waals surface area contributed by atoms with Crippen molar-refractivity contribution in [2.75, 3.05) is 27.3 Å². The molecule has 1 N–H and O–H groups in total. The summed E-state index contributed by atoms with van der Waals surface area (Å²) in [6.45, 7) is 0.190. The summed E-state index contributed by atoms with van der Waals surface area (Å²) in [7, 11) is 2.32. The number of ether oxygens (including phenoxy) is 2. The largest absolute Gasteiger partial charge is 0.494 e. The zero-order valence-corrected chi connectivity index (χ0v) is 19.5. The van der Waals surface area contributed by atoms with Gasteiger partial charge in [-0.05, 0) is 30.5 Å². The van der Waals surface area contributed by atoms with Crippen molar-refractivity contribution in [2.24, 2.45) is 4.99 Å². The Morgan fingerprint density at radius 3 is 2.35 bits per heavy atom. The number of Topliss-reactive ketones (excluding diaryl/α,β-unsaturated/α-hetero) is 1. The monoisotopic (exact) mass is 491 g/mol. The molecule has 8 nitrogen and oxygen atoms in total. The van der Waals surface area contributed by atoms with Crippen molar-refractivity contribution in [3.63, 3.8) is 0 Å². The number of halogens is 2. The quantitative estimate of drug-likeness (QED) is 0.275. The second-order valence-electron chi connectivity index (χ2n) is 7.85. The lowest BCUT2D eigenvalue weighted by Gasteiger charge is -2.37. The van der Waals surface area contributed by atoms with Crippen LogP contribution in [-0.4, -0.2) is 67.0 Å². The van der Waals surface area contributed by atoms with Crippen LogP contribution in [0.4, 0.5) is 8.78 Å². The second kappa shape index (κ2) is 10.3. The first kappa shape index (κ1) is 25.3. The molecule has 1 fully saturated rings. The predicted octanol–water partition coefficient (Wildman–Crippen LogP) is 2.59. The van der Waals surface area contributed by atoms with Crippen molar-refractivity contribution in [1.82, 2.24) is 4.90 Å². The van der Waals surface area contributed by atoms with Crippen molar-refractivity contribution in [3.05, 3.63) is 58.1 Å². The van der Waals surface area contributed by atoms with Gasteiger partial charge in [0.25, 0.3) is 11.7 Å². The van der Waals surface area contributed by atoms with Crippen molar-refractivity contribution >= 4 is 41.7 Å². The Bertz CT molecular complexity index is 1120. The van der Waals surface area contributed by atoms with Crippen molar-refractivity contribution in [2.45, 2.75) is 24.9 Å². The minimum Gasteiger partial charge on any atom is -0.494 e. The molecule has 34 heavy (non-hydrogen) atoms. The number of esters is 1. The van der Waals surface area contributed by atoms with Crippen molar-refractivity contribution in [3.8, 4) is 0 Å². The van der Waals surface area contributed by atoms with Gasteiger partial charge in [-0.2, -0.15) is 0 Å². The molecule has 0 saturated carbocycles. The zero-order chi connectivity index (χ0) is 25.0. The van der Waals surface area contributed by atoms with Gasteiger partial charge in [-0.1, -0.05) is 12.1 Å². The van der Waals surface area contributed by atoms with Crippen LogP contribution in [0, 0.1) is 11.2 Å². The van der Waals surface area contributed by atoms with Crippen molar-refractivity contribution in [1.29, 1.82) is 5.41 Å².